The molecule has 2 rings (SSSR count). The Balaban J connectivity index is 2.18. The van der Waals surface area contributed by atoms with Gasteiger partial charge in [0.1, 0.15) is 0 Å². The zero-order valence-corrected chi connectivity index (χ0v) is 11.5. The first kappa shape index (κ1) is 15.3. The second-order valence-corrected chi connectivity index (χ2v) is 4.74. The SMILES string of the molecule is CCCn1ccnc1C(=O)Cc1cccc(C(F)(F)F)c1. The van der Waals surface area contributed by atoms with Crippen LogP contribution in [0.15, 0.2) is 36.7 Å². The van der Waals surface area contributed by atoms with Crippen LogP contribution in [0.25, 0.3) is 0 Å². The summed E-state index contributed by atoms with van der Waals surface area (Å²) in [5.41, 5.74) is -0.412. The number of aryl methyl sites for hydroxylation is 1. The fourth-order valence-electron chi connectivity index (χ4n) is 2.10. The molecule has 0 aliphatic rings. The number of carbonyl (C=O) groups excluding carboxylic acids is 1. The molecule has 112 valence electrons. The van der Waals surface area contributed by atoms with Gasteiger partial charge in [0.2, 0.25) is 5.78 Å². The van der Waals surface area contributed by atoms with Crippen LogP contribution in [0.2, 0.25) is 0 Å². The zero-order chi connectivity index (χ0) is 15.5. The topological polar surface area (TPSA) is 34.9 Å². The monoisotopic (exact) mass is 296 g/mol. The molecule has 1 heterocycles. The maximum absolute atomic E-state index is 12.6. The molecule has 0 spiro atoms. The van der Waals surface area contributed by atoms with Crippen LogP contribution >= 0.6 is 0 Å². The highest BCUT2D eigenvalue weighted by molar-refractivity contribution is 5.94. The van der Waals surface area contributed by atoms with Crippen molar-refractivity contribution >= 4 is 5.78 Å². The summed E-state index contributed by atoms with van der Waals surface area (Å²) in [6.07, 6.45) is -0.428. The first-order valence-corrected chi connectivity index (χ1v) is 6.62. The molecule has 0 aliphatic heterocycles. The van der Waals surface area contributed by atoms with Gasteiger partial charge in [-0.05, 0) is 18.1 Å². The Morgan fingerprint density at radius 3 is 2.76 bits per heavy atom. The van der Waals surface area contributed by atoms with Crippen molar-refractivity contribution in [2.24, 2.45) is 0 Å². The van der Waals surface area contributed by atoms with E-state index in [1.54, 1.807) is 10.8 Å². The summed E-state index contributed by atoms with van der Waals surface area (Å²) in [5, 5.41) is 0. The van der Waals surface area contributed by atoms with Gasteiger partial charge in [0.15, 0.2) is 5.82 Å². The van der Waals surface area contributed by atoms with Crippen LogP contribution in [0.3, 0.4) is 0 Å². The van der Waals surface area contributed by atoms with Crippen LogP contribution in [0, 0.1) is 0 Å². The Labute approximate surface area is 120 Å². The highest BCUT2D eigenvalue weighted by atomic mass is 19.4. The lowest BCUT2D eigenvalue weighted by Crippen LogP contribution is -2.13. The zero-order valence-electron chi connectivity index (χ0n) is 11.5. The number of ketones is 1. The summed E-state index contributed by atoms with van der Waals surface area (Å²) in [7, 11) is 0. The minimum atomic E-state index is -4.40. The molecule has 6 heteroatoms. The predicted octanol–water partition coefficient (Wildman–Crippen LogP) is 3.74. The Morgan fingerprint density at radius 2 is 2.10 bits per heavy atom. The highest BCUT2D eigenvalue weighted by Crippen LogP contribution is 2.29. The van der Waals surface area contributed by atoms with E-state index < -0.39 is 11.7 Å². The molecule has 0 amide bonds. The fraction of sp³-hybridized carbons (Fsp3) is 0.333. The van der Waals surface area contributed by atoms with E-state index in [-0.39, 0.29) is 18.0 Å². The number of hydrogen-bond acceptors (Lipinski definition) is 2. The largest absolute Gasteiger partial charge is 0.416 e. The quantitative estimate of drug-likeness (QED) is 0.788. The van der Waals surface area contributed by atoms with Crippen molar-refractivity contribution in [3.63, 3.8) is 0 Å². The number of Topliss-reactive ketones (excluding diaryl/α,β-unsaturated/α-hetero) is 1. The van der Waals surface area contributed by atoms with Gasteiger partial charge in [-0.25, -0.2) is 4.98 Å². The third kappa shape index (κ3) is 3.71. The van der Waals surface area contributed by atoms with Crippen LogP contribution in [0.1, 0.15) is 35.1 Å². The maximum atomic E-state index is 12.6. The molecule has 0 saturated heterocycles. The maximum Gasteiger partial charge on any atom is 0.416 e. The number of hydrogen-bond donors (Lipinski definition) is 0. The van der Waals surface area contributed by atoms with Gasteiger partial charge in [0, 0.05) is 25.4 Å². The lowest BCUT2D eigenvalue weighted by molar-refractivity contribution is -0.137. The Morgan fingerprint density at radius 1 is 1.33 bits per heavy atom. The first-order valence-electron chi connectivity index (χ1n) is 6.62. The summed E-state index contributed by atoms with van der Waals surface area (Å²) >= 11 is 0. The van der Waals surface area contributed by atoms with Gasteiger partial charge >= 0.3 is 6.18 Å². The molecule has 0 atom stereocenters. The summed E-state index contributed by atoms with van der Waals surface area (Å²) in [4.78, 5) is 16.2. The Kier molecular flexibility index (Phi) is 4.45. The number of benzene rings is 1. The number of halogens is 3. The molecule has 1 aromatic heterocycles. The lowest BCUT2D eigenvalue weighted by atomic mass is 10.1. The molecule has 0 saturated carbocycles. The van der Waals surface area contributed by atoms with Crippen LogP contribution in [0.5, 0.6) is 0 Å². The first-order chi connectivity index (χ1) is 9.91. The van der Waals surface area contributed by atoms with E-state index in [0.29, 0.717) is 12.1 Å². The van der Waals surface area contributed by atoms with Gasteiger partial charge in [-0.3, -0.25) is 4.79 Å². The summed E-state index contributed by atoms with van der Waals surface area (Å²) in [5.74, 6) is 0.00189. The van der Waals surface area contributed by atoms with E-state index in [0.717, 1.165) is 18.6 Å². The predicted molar refractivity (Wildman–Crippen MR) is 72.0 cm³/mol. The van der Waals surface area contributed by atoms with Crippen molar-refractivity contribution in [3.05, 3.63) is 53.6 Å². The molecule has 0 radical (unpaired) electrons. The smallest absolute Gasteiger partial charge is 0.329 e. The number of carbonyl (C=O) groups is 1. The second-order valence-electron chi connectivity index (χ2n) is 4.74. The molecular weight excluding hydrogens is 281 g/mol. The van der Waals surface area contributed by atoms with E-state index in [1.807, 2.05) is 6.92 Å². The van der Waals surface area contributed by atoms with E-state index >= 15 is 0 Å². The van der Waals surface area contributed by atoms with E-state index in [1.165, 1.54) is 18.3 Å². The van der Waals surface area contributed by atoms with Gasteiger partial charge in [-0.15, -0.1) is 0 Å². The Bertz CT molecular complexity index is 632. The lowest BCUT2D eigenvalue weighted by Gasteiger charge is -2.09. The molecule has 2 aromatic rings. The third-order valence-electron chi connectivity index (χ3n) is 3.05. The molecule has 3 nitrogen and oxygen atoms in total. The number of alkyl halides is 3. The van der Waals surface area contributed by atoms with E-state index in [2.05, 4.69) is 4.98 Å². The minimum absolute atomic E-state index is 0.0926. The number of rotatable bonds is 5. The summed E-state index contributed by atoms with van der Waals surface area (Å²) < 4.78 is 39.6. The van der Waals surface area contributed by atoms with Crippen molar-refractivity contribution in [2.45, 2.75) is 32.5 Å². The number of aromatic nitrogens is 2. The summed E-state index contributed by atoms with van der Waals surface area (Å²) in [6.45, 7) is 2.63. The van der Waals surface area contributed by atoms with E-state index in [9.17, 15) is 18.0 Å². The molecular formula is C15H15F3N2O. The van der Waals surface area contributed by atoms with Crippen LogP contribution in [-0.4, -0.2) is 15.3 Å². The van der Waals surface area contributed by atoms with Crippen molar-refractivity contribution < 1.29 is 18.0 Å². The molecule has 0 bridgehead atoms. The molecule has 21 heavy (non-hydrogen) atoms. The fourth-order valence-corrected chi connectivity index (χ4v) is 2.10. The van der Waals surface area contributed by atoms with Gasteiger partial charge in [0.25, 0.3) is 0 Å². The van der Waals surface area contributed by atoms with Gasteiger partial charge < -0.3 is 4.57 Å². The van der Waals surface area contributed by atoms with Crippen LogP contribution < -0.4 is 0 Å². The molecule has 0 aliphatic carbocycles. The normalized spacial score (nSPS) is 11.6. The molecule has 0 N–H and O–H groups in total. The third-order valence-corrected chi connectivity index (χ3v) is 3.05. The minimum Gasteiger partial charge on any atom is -0.329 e. The molecule has 1 aromatic carbocycles. The van der Waals surface area contributed by atoms with Gasteiger partial charge in [0.05, 0.1) is 5.56 Å². The van der Waals surface area contributed by atoms with Crippen LogP contribution in [0.4, 0.5) is 13.2 Å². The molecule has 0 fully saturated rings. The average molecular weight is 296 g/mol. The van der Waals surface area contributed by atoms with Crippen LogP contribution in [-0.2, 0) is 19.1 Å². The Hall–Kier alpha value is -2.11. The van der Waals surface area contributed by atoms with Crippen molar-refractivity contribution in [3.8, 4) is 0 Å². The summed E-state index contributed by atoms with van der Waals surface area (Å²) in [6, 6.07) is 4.82. The number of nitrogens with zero attached hydrogens (tertiary/aromatic N) is 2. The average Bonchev–Trinajstić information content (AvgIpc) is 2.87. The van der Waals surface area contributed by atoms with Gasteiger partial charge in [-0.2, -0.15) is 13.2 Å². The van der Waals surface area contributed by atoms with E-state index in [4.69, 9.17) is 0 Å². The number of imidazole rings is 1. The standard InChI is InChI=1S/C15H15F3N2O/c1-2-7-20-8-6-19-14(20)13(21)10-11-4-3-5-12(9-11)15(16,17)18/h3-6,8-9H,2,7,10H2,1H3. The van der Waals surface area contributed by atoms with Crippen molar-refractivity contribution in [2.75, 3.05) is 0 Å². The molecule has 0 unspecified atom stereocenters. The van der Waals surface area contributed by atoms with Crippen molar-refractivity contribution in [1.82, 2.24) is 9.55 Å². The van der Waals surface area contributed by atoms with Gasteiger partial charge in [-0.1, -0.05) is 25.1 Å². The highest BCUT2D eigenvalue weighted by Gasteiger charge is 2.30. The van der Waals surface area contributed by atoms with Crippen molar-refractivity contribution in [1.29, 1.82) is 0 Å². The second kappa shape index (κ2) is 6.11.